The van der Waals surface area contributed by atoms with Crippen molar-refractivity contribution in [1.82, 2.24) is 15.2 Å². The first kappa shape index (κ1) is 24.3. The maximum absolute atomic E-state index is 15.6. The highest BCUT2D eigenvalue weighted by Gasteiger charge is 2.35. The Morgan fingerprint density at radius 3 is 2.79 bits per heavy atom. The molecule has 0 unspecified atom stereocenters. The second-order valence-corrected chi connectivity index (χ2v) is 10.6. The molecule has 10 heteroatoms. The number of aryl methyl sites for hydroxylation is 1. The molecule has 1 saturated heterocycles. The lowest BCUT2D eigenvalue weighted by Crippen LogP contribution is -2.46. The number of thiophene rings is 1. The van der Waals surface area contributed by atoms with Crippen LogP contribution in [0.3, 0.4) is 0 Å². The lowest BCUT2D eigenvalue weighted by molar-refractivity contribution is 0.0917. The highest BCUT2D eigenvalue weighted by molar-refractivity contribution is 7.21. The van der Waals surface area contributed by atoms with Crippen molar-refractivity contribution in [2.75, 3.05) is 30.4 Å². The van der Waals surface area contributed by atoms with Crippen LogP contribution in [0, 0.1) is 12.7 Å². The second-order valence-electron chi connectivity index (χ2n) is 9.64. The van der Waals surface area contributed by atoms with Gasteiger partial charge in [0.2, 0.25) is 0 Å². The van der Waals surface area contributed by atoms with Crippen LogP contribution in [-0.4, -0.2) is 48.0 Å². The Bertz CT molecular complexity index is 1530. The number of urea groups is 1. The summed E-state index contributed by atoms with van der Waals surface area (Å²) in [6.07, 6.45) is 3.49. The second kappa shape index (κ2) is 9.70. The minimum atomic E-state index is -0.603. The number of aromatic nitrogens is 1. The number of hydrogen-bond acceptors (Lipinski definition) is 6. The smallest absolute Gasteiger partial charge is 0.331 e. The van der Waals surface area contributed by atoms with E-state index in [1.165, 1.54) is 22.3 Å². The third kappa shape index (κ3) is 4.35. The number of carbonyl (C=O) groups excluding carboxylic acids is 2. The number of hydrogen-bond donors (Lipinski definition) is 2. The van der Waals surface area contributed by atoms with Gasteiger partial charge in [-0.1, -0.05) is 18.2 Å². The minimum absolute atomic E-state index is 0.0373. The molecule has 1 atom stereocenters. The molecule has 6 rings (SSSR count). The third-order valence-electron chi connectivity index (χ3n) is 6.84. The van der Waals surface area contributed by atoms with Gasteiger partial charge in [-0.2, -0.15) is 0 Å². The molecule has 0 spiro atoms. The molecule has 0 radical (unpaired) electrons. The van der Waals surface area contributed by atoms with Crippen molar-refractivity contribution in [2.45, 2.75) is 25.8 Å². The number of likely N-dealkylation sites (tertiary alicyclic amines) is 1. The molecule has 4 aromatic rings. The maximum atomic E-state index is 15.6. The van der Waals surface area contributed by atoms with E-state index in [0.29, 0.717) is 43.5 Å². The van der Waals surface area contributed by atoms with E-state index in [1.54, 1.807) is 37.4 Å². The number of para-hydroxylation sites is 1. The van der Waals surface area contributed by atoms with E-state index in [0.717, 1.165) is 25.9 Å². The van der Waals surface area contributed by atoms with Crippen molar-refractivity contribution in [1.29, 1.82) is 0 Å². The normalized spacial score (nSPS) is 17.4. The van der Waals surface area contributed by atoms with Gasteiger partial charge in [-0.25, -0.2) is 14.2 Å². The van der Waals surface area contributed by atoms with Crippen molar-refractivity contribution in [3.8, 4) is 11.5 Å². The summed E-state index contributed by atoms with van der Waals surface area (Å²) in [7, 11) is 2.04. The van der Waals surface area contributed by atoms with Gasteiger partial charge in [-0.15, -0.1) is 11.3 Å². The van der Waals surface area contributed by atoms with Crippen LogP contribution in [-0.2, 0) is 0 Å². The van der Waals surface area contributed by atoms with Crippen LogP contribution in [0.1, 0.15) is 28.1 Å². The van der Waals surface area contributed by atoms with Crippen LogP contribution < -0.4 is 20.3 Å². The number of ether oxygens (including phenoxy) is 1. The van der Waals surface area contributed by atoms with Crippen LogP contribution in [0.2, 0.25) is 0 Å². The average Bonchev–Trinajstić information content (AvgIpc) is 3.25. The lowest BCUT2D eigenvalue weighted by atomic mass is 10.1. The monoisotopic (exact) mass is 531 g/mol. The minimum Gasteiger partial charge on any atom is -0.457 e. The summed E-state index contributed by atoms with van der Waals surface area (Å²) in [6.45, 7) is 3.51. The van der Waals surface area contributed by atoms with E-state index in [1.807, 2.05) is 25.2 Å². The number of rotatable bonds is 5. The predicted octanol–water partition coefficient (Wildman–Crippen LogP) is 6.04. The van der Waals surface area contributed by atoms with Crippen molar-refractivity contribution in [2.24, 2.45) is 0 Å². The Hall–Kier alpha value is -4.02. The van der Waals surface area contributed by atoms with E-state index in [9.17, 15) is 9.59 Å². The molecular weight excluding hydrogens is 505 g/mol. The van der Waals surface area contributed by atoms with E-state index in [4.69, 9.17) is 4.74 Å². The van der Waals surface area contributed by atoms with Gasteiger partial charge >= 0.3 is 6.03 Å². The zero-order valence-electron chi connectivity index (χ0n) is 21.0. The van der Waals surface area contributed by atoms with Crippen molar-refractivity contribution in [3.05, 3.63) is 71.0 Å². The van der Waals surface area contributed by atoms with Crippen LogP contribution >= 0.6 is 11.3 Å². The summed E-state index contributed by atoms with van der Waals surface area (Å²) in [5.74, 6) is 0.0665. The molecule has 3 amide bonds. The first-order valence-corrected chi connectivity index (χ1v) is 13.3. The van der Waals surface area contributed by atoms with E-state index in [2.05, 4.69) is 20.5 Å². The zero-order chi connectivity index (χ0) is 26.4. The number of amides is 3. The van der Waals surface area contributed by atoms with Crippen LogP contribution in [0.4, 0.5) is 26.2 Å². The molecular formula is C28H26FN5O3S. The standard InChI is InChI=1S/C28H26FN5O3S/c1-16-13-19(37-18-8-4-3-5-9-18)14-20(29)24(16)34-21-10-11-30-27-22(21)23(32-28(34)36)25(38-27)26(35)31-17-7-6-12-33(2)15-17/h3-5,8-11,13-14,17H,6-7,12,15H2,1-2H3,(H,31,35)(H,32,36)/t17-/m1/s1. The number of benzene rings is 2. The molecule has 4 heterocycles. The van der Waals surface area contributed by atoms with Crippen molar-refractivity contribution in [3.63, 3.8) is 0 Å². The molecule has 38 heavy (non-hydrogen) atoms. The molecule has 194 valence electrons. The van der Waals surface area contributed by atoms with E-state index < -0.39 is 11.8 Å². The maximum Gasteiger partial charge on any atom is 0.331 e. The topological polar surface area (TPSA) is 86.8 Å². The number of carbonyl (C=O) groups is 2. The quantitative estimate of drug-likeness (QED) is 0.328. The van der Waals surface area contributed by atoms with E-state index in [-0.39, 0.29) is 17.6 Å². The Kier molecular flexibility index (Phi) is 6.21. The molecule has 2 N–H and O–H groups in total. The lowest BCUT2D eigenvalue weighted by Gasteiger charge is -2.31. The van der Waals surface area contributed by atoms with Gasteiger partial charge in [0.1, 0.15) is 21.2 Å². The number of nitrogens with one attached hydrogen (secondary N) is 2. The molecule has 0 bridgehead atoms. The van der Waals surface area contributed by atoms with Gasteiger partial charge in [0.25, 0.3) is 5.91 Å². The van der Waals surface area contributed by atoms with Gasteiger partial charge in [-0.3, -0.25) is 9.69 Å². The van der Waals surface area contributed by atoms with Crippen LogP contribution in [0.5, 0.6) is 11.5 Å². The largest absolute Gasteiger partial charge is 0.457 e. The first-order chi connectivity index (χ1) is 18.4. The van der Waals surface area contributed by atoms with Gasteiger partial charge in [-0.05, 0) is 63.2 Å². The highest BCUT2D eigenvalue weighted by atomic mass is 32.1. The van der Waals surface area contributed by atoms with Gasteiger partial charge < -0.3 is 20.3 Å². The van der Waals surface area contributed by atoms with Crippen LogP contribution in [0.25, 0.3) is 10.2 Å². The first-order valence-electron chi connectivity index (χ1n) is 12.4. The predicted molar refractivity (Wildman–Crippen MR) is 146 cm³/mol. The Labute approximate surface area is 223 Å². The molecule has 1 fully saturated rings. The molecule has 2 aromatic carbocycles. The van der Waals surface area contributed by atoms with Gasteiger partial charge in [0.15, 0.2) is 5.82 Å². The summed E-state index contributed by atoms with van der Waals surface area (Å²) in [6, 6.07) is 13.2. The van der Waals surface area contributed by atoms with E-state index >= 15 is 4.39 Å². The molecule has 2 aromatic heterocycles. The number of pyridine rings is 1. The SMILES string of the molecule is Cc1cc(Oc2ccccc2)cc(F)c1N1C(=O)Nc2c(C(=O)N[C@@H]3CCCN(C)C3)sc3nccc1c23. The summed E-state index contributed by atoms with van der Waals surface area (Å²) >= 11 is 1.22. The summed E-state index contributed by atoms with van der Waals surface area (Å²) in [5.41, 5.74) is 1.52. The number of anilines is 3. The number of halogens is 1. The zero-order valence-corrected chi connectivity index (χ0v) is 21.8. The summed E-state index contributed by atoms with van der Waals surface area (Å²) in [5, 5.41) is 6.57. The third-order valence-corrected chi connectivity index (χ3v) is 7.94. The van der Waals surface area contributed by atoms with Gasteiger partial charge in [0.05, 0.1) is 22.4 Å². The molecule has 8 nitrogen and oxygen atoms in total. The Morgan fingerprint density at radius 2 is 2.03 bits per heavy atom. The van der Waals surface area contributed by atoms with Crippen LogP contribution in [0.15, 0.2) is 54.7 Å². The highest BCUT2D eigenvalue weighted by Crippen LogP contribution is 2.47. The Morgan fingerprint density at radius 1 is 1.21 bits per heavy atom. The van der Waals surface area contributed by atoms with Crippen molar-refractivity contribution < 1.29 is 18.7 Å². The molecule has 2 aliphatic heterocycles. The van der Waals surface area contributed by atoms with Gasteiger partial charge in [0, 0.05) is 24.8 Å². The van der Waals surface area contributed by atoms with Crippen molar-refractivity contribution >= 4 is 50.6 Å². The number of nitrogens with zero attached hydrogens (tertiary/aromatic N) is 3. The fourth-order valence-corrected chi connectivity index (χ4v) is 6.20. The summed E-state index contributed by atoms with van der Waals surface area (Å²) in [4.78, 5) is 35.6. The molecule has 2 aliphatic rings. The number of likely N-dealkylation sites (N-methyl/N-ethyl adjacent to an activating group) is 1. The fourth-order valence-electron chi connectivity index (χ4n) is 5.17. The summed E-state index contributed by atoms with van der Waals surface area (Å²) < 4.78 is 21.4. The number of piperidine rings is 1. The fraction of sp³-hybridized carbons (Fsp3) is 0.250. The average molecular weight is 532 g/mol. The Balaban J connectivity index is 1.36. The molecule has 0 saturated carbocycles. The molecule has 0 aliphatic carbocycles.